The smallest absolute Gasteiger partial charge is 0.324 e. The lowest BCUT2D eigenvalue weighted by molar-refractivity contribution is -0.137. The number of carbonyl (C=O) groups is 2. The van der Waals surface area contributed by atoms with E-state index >= 15 is 0 Å². The molecule has 0 bridgehead atoms. The van der Waals surface area contributed by atoms with Gasteiger partial charge in [-0.1, -0.05) is 12.1 Å². The maximum atomic E-state index is 13.3. The Bertz CT molecular complexity index is 1170. The molecule has 160 valence electrons. The molecule has 3 aromatic rings. The number of anilines is 2. The molecule has 6 nitrogen and oxygen atoms in total. The van der Waals surface area contributed by atoms with Gasteiger partial charge in [-0.05, 0) is 43.3 Å². The van der Waals surface area contributed by atoms with Crippen LogP contribution < -0.4 is 10.6 Å². The van der Waals surface area contributed by atoms with E-state index < -0.39 is 41.1 Å². The minimum Gasteiger partial charge on any atom is -0.324 e. The number of hydrogen-bond acceptors (Lipinski definition) is 3. The van der Waals surface area contributed by atoms with Gasteiger partial charge in [-0.2, -0.15) is 18.3 Å². The fourth-order valence-electron chi connectivity index (χ4n) is 3.48. The van der Waals surface area contributed by atoms with Crippen LogP contribution in [0.25, 0.3) is 11.3 Å². The monoisotopic (exact) mass is 432 g/mol. The average molecular weight is 432 g/mol. The van der Waals surface area contributed by atoms with Crippen molar-refractivity contribution in [1.29, 1.82) is 0 Å². The zero-order valence-corrected chi connectivity index (χ0v) is 16.1. The van der Waals surface area contributed by atoms with Crippen molar-refractivity contribution in [2.75, 3.05) is 10.6 Å². The lowest BCUT2D eigenvalue weighted by atomic mass is 10.1. The van der Waals surface area contributed by atoms with Crippen molar-refractivity contribution in [2.45, 2.75) is 25.6 Å². The Kier molecular flexibility index (Phi) is 5.00. The summed E-state index contributed by atoms with van der Waals surface area (Å²) in [5.41, 5.74) is 0.137. The summed E-state index contributed by atoms with van der Waals surface area (Å²) in [4.78, 5) is 25.1. The second-order valence-corrected chi connectivity index (χ2v) is 7.07. The van der Waals surface area contributed by atoms with E-state index in [0.717, 1.165) is 12.1 Å². The highest BCUT2D eigenvalue weighted by Crippen LogP contribution is 2.37. The molecule has 1 aromatic heterocycles. The van der Waals surface area contributed by atoms with E-state index in [0.29, 0.717) is 16.8 Å². The molecular formula is C21H16F4N4O2. The molecule has 2 N–H and O–H groups in total. The minimum absolute atomic E-state index is 0.264. The van der Waals surface area contributed by atoms with Crippen LogP contribution in [0, 0.1) is 12.7 Å². The highest BCUT2D eigenvalue weighted by molar-refractivity contribution is 6.02. The van der Waals surface area contributed by atoms with Gasteiger partial charge < -0.3 is 10.6 Å². The predicted molar refractivity (Wildman–Crippen MR) is 105 cm³/mol. The van der Waals surface area contributed by atoms with Crippen molar-refractivity contribution in [3.05, 3.63) is 65.5 Å². The van der Waals surface area contributed by atoms with Crippen molar-refractivity contribution in [1.82, 2.24) is 9.78 Å². The zero-order chi connectivity index (χ0) is 22.3. The Morgan fingerprint density at radius 3 is 2.52 bits per heavy atom. The normalized spacial score (nSPS) is 15.9. The van der Waals surface area contributed by atoms with Gasteiger partial charge in [0, 0.05) is 11.1 Å². The molecule has 10 heteroatoms. The number of fused-ring (bicyclic) bond motifs is 1. The van der Waals surface area contributed by atoms with Crippen LogP contribution in [0.1, 0.15) is 23.6 Å². The van der Waals surface area contributed by atoms with Gasteiger partial charge in [-0.25, -0.2) is 9.07 Å². The minimum atomic E-state index is -4.66. The van der Waals surface area contributed by atoms with Gasteiger partial charge in [-0.15, -0.1) is 0 Å². The first kappa shape index (κ1) is 20.6. The van der Waals surface area contributed by atoms with E-state index in [2.05, 4.69) is 15.7 Å². The molecule has 2 heterocycles. The fraction of sp³-hybridized carbons (Fsp3) is 0.190. The Labute approximate surface area is 173 Å². The highest BCUT2D eigenvalue weighted by Gasteiger charge is 2.37. The lowest BCUT2D eigenvalue weighted by Gasteiger charge is -2.24. The molecule has 2 aromatic carbocycles. The lowest BCUT2D eigenvalue weighted by Crippen LogP contribution is -2.36. The van der Waals surface area contributed by atoms with Gasteiger partial charge in [0.1, 0.15) is 17.7 Å². The topological polar surface area (TPSA) is 76.0 Å². The van der Waals surface area contributed by atoms with Crippen molar-refractivity contribution in [3.63, 3.8) is 0 Å². The predicted octanol–water partition coefficient (Wildman–Crippen LogP) is 4.54. The Balaban J connectivity index is 1.70. The van der Waals surface area contributed by atoms with Gasteiger partial charge >= 0.3 is 6.18 Å². The Morgan fingerprint density at radius 1 is 1.16 bits per heavy atom. The molecule has 1 unspecified atom stereocenters. The molecular weight excluding hydrogens is 416 g/mol. The van der Waals surface area contributed by atoms with Crippen molar-refractivity contribution >= 4 is 23.3 Å². The van der Waals surface area contributed by atoms with Crippen LogP contribution in [0.2, 0.25) is 0 Å². The standard InChI is InChI=1S/C21H16F4N4O2/c1-11-18(12-6-8-13(22)9-7-12)28-29-16(10-17(30)27-19(11)29)20(31)26-15-5-3-2-4-14(15)21(23,24)25/h2-9,16H,10H2,1H3,(H,26,31)(H,27,30). The third kappa shape index (κ3) is 3.88. The first-order valence-electron chi connectivity index (χ1n) is 9.27. The second-order valence-electron chi connectivity index (χ2n) is 7.07. The number of aromatic nitrogens is 2. The van der Waals surface area contributed by atoms with Crippen LogP contribution in [0.4, 0.5) is 29.1 Å². The number of carbonyl (C=O) groups excluding carboxylic acids is 2. The summed E-state index contributed by atoms with van der Waals surface area (Å²) in [6.07, 6.45) is -4.95. The number of nitrogens with zero attached hydrogens (tertiary/aromatic N) is 2. The molecule has 1 atom stereocenters. The van der Waals surface area contributed by atoms with Gasteiger partial charge in [0.2, 0.25) is 11.8 Å². The Morgan fingerprint density at radius 2 is 1.84 bits per heavy atom. The molecule has 0 spiro atoms. The van der Waals surface area contributed by atoms with Crippen molar-refractivity contribution in [2.24, 2.45) is 0 Å². The summed E-state index contributed by atoms with van der Waals surface area (Å²) in [7, 11) is 0. The van der Waals surface area contributed by atoms with E-state index in [9.17, 15) is 27.2 Å². The number of hydrogen-bond donors (Lipinski definition) is 2. The molecule has 0 fully saturated rings. The molecule has 0 radical (unpaired) electrons. The third-order valence-electron chi connectivity index (χ3n) is 4.99. The summed E-state index contributed by atoms with van der Waals surface area (Å²) in [6, 6.07) is 8.96. The molecule has 0 saturated carbocycles. The van der Waals surface area contributed by atoms with E-state index in [4.69, 9.17) is 0 Å². The number of benzene rings is 2. The van der Waals surface area contributed by atoms with E-state index in [1.165, 1.54) is 41.1 Å². The SMILES string of the molecule is Cc1c(-c2ccc(F)cc2)nn2c1NC(=O)CC2C(=O)Nc1ccccc1C(F)(F)F. The summed E-state index contributed by atoms with van der Waals surface area (Å²) >= 11 is 0. The number of amides is 2. The molecule has 1 aliphatic heterocycles. The van der Waals surface area contributed by atoms with Crippen LogP contribution in [0.3, 0.4) is 0 Å². The number of para-hydroxylation sites is 1. The van der Waals surface area contributed by atoms with Gasteiger partial charge in [0.15, 0.2) is 0 Å². The highest BCUT2D eigenvalue weighted by atomic mass is 19.4. The number of alkyl halides is 3. The van der Waals surface area contributed by atoms with Crippen LogP contribution in [0.5, 0.6) is 0 Å². The fourth-order valence-corrected chi connectivity index (χ4v) is 3.48. The van der Waals surface area contributed by atoms with E-state index in [-0.39, 0.29) is 12.2 Å². The summed E-state index contributed by atoms with van der Waals surface area (Å²) < 4.78 is 54.3. The third-order valence-corrected chi connectivity index (χ3v) is 4.99. The molecule has 0 saturated heterocycles. The van der Waals surface area contributed by atoms with Crippen molar-refractivity contribution < 1.29 is 27.2 Å². The number of halogens is 4. The summed E-state index contributed by atoms with van der Waals surface area (Å²) in [5, 5.41) is 9.31. The zero-order valence-electron chi connectivity index (χ0n) is 16.1. The van der Waals surface area contributed by atoms with Crippen LogP contribution >= 0.6 is 0 Å². The van der Waals surface area contributed by atoms with Gasteiger partial charge in [0.25, 0.3) is 0 Å². The quantitative estimate of drug-likeness (QED) is 0.597. The van der Waals surface area contributed by atoms with Gasteiger partial charge in [0.05, 0.1) is 23.4 Å². The van der Waals surface area contributed by atoms with Crippen LogP contribution in [0.15, 0.2) is 48.5 Å². The summed E-state index contributed by atoms with van der Waals surface area (Å²) in [6.45, 7) is 1.68. The number of rotatable bonds is 3. The molecule has 1 aliphatic rings. The first-order chi connectivity index (χ1) is 14.6. The maximum Gasteiger partial charge on any atom is 0.418 e. The van der Waals surface area contributed by atoms with E-state index in [1.807, 2.05) is 0 Å². The second kappa shape index (κ2) is 7.53. The summed E-state index contributed by atoms with van der Waals surface area (Å²) in [5.74, 6) is -1.44. The van der Waals surface area contributed by atoms with Crippen LogP contribution in [-0.4, -0.2) is 21.6 Å². The average Bonchev–Trinajstić information content (AvgIpc) is 3.04. The molecule has 31 heavy (non-hydrogen) atoms. The number of nitrogens with one attached hydrogen (secondary N) is 2. The van der Waals surface area contributed by atoms with Gasteiger partial charge in [-0.3, -0.25) is 9.59 Å². The Hall–Kier alpha value is -3.69. The molecule has 4 rings (SSSR count). The van der Waals surface area contributed by atoms with Crippen molar-refractivity contribution in [3.8, 4) is 11.3 Å². The van der Waals surface area contributed by atoms with Crippen LogP contribution in [-0.2, 0) is 15.8 Å². The molecule has 0 aliphatic carbocycles. The largest absolute Gasteiger partial charge is 0.418 e. The van der Waals surface area contributed by atoms with E-state index in [1.54, 1.807) is 6.92 Å². The maximum absolute atomic E-state index is 13.3. The first-order valence-corrected chi connectivity index (χ1v) is 9.27. The molecule has 2 amide bonds.